The summed E-state index contributed by atoms with van der Waals surface area (Å²) in [5, 5.41) is 3.87. The van der Waals surface area contributed by atoms with E-state index in [0.29, 0.717) is 6.61 Å². The third kappa shape index (κ3) is 4.48. The Morgan fingerprint density at radius 1 is 1.28 bits per heavy atom. The molecule has 1 rings (SSSR count). The van der Waals surface area contributed by atoms with E-state index < -0.39 is 0 Å². The lowest BCUT2D eigenvalue weighted by atomic mass is 10.2. The predicted octanol–water partition coefficient (Wildman–Crippen LogP) is 2.78. The largest absolute Gasteiger partial charge is 0.492 e. The fourth-order valence-electron chi connectivity index (χ4n) is 1.85. The molecule has 0 atom stereocenters. The Bertz CT molecular complexity index is 354. The van der Waals surface area contributed by atoms with Crippen LogP contribution in [0.15, 0.2) is 18.2 Å². The molecule has 0 aliphatic carbocycles. The summed E-state index contributed by atoms with van der Waals surface area (Å²) in [5.41, 5.74) is 1.03. The first kappa shape index (κ1) is 15.3. The summed E-state index contributed by atoms with van der Waals surface area (Å²) in [7, 11) is 1.91. The van der Waals surface area contributed by atoms with Gasteiger partial charge in [0.05, 0.1) is 0 Å². The molecule has 0 fully saturated rings. The minimum absolute atomic E-state index is 0.693. The molecule has 0 aliphatic heterocycles. The van der Waals surface area contributed by atoms with E-state index in [1.165, 1.54) is 0 Å². The highest BCUT2D eigenvalue weighted by Gasteiger charge is 2.07. The molecule has 3 nitrogen and oxygen atoms in total. The molecule has 0 saturated heterocycles. The van der Waals surface area contributed by atoms with E-state index in [1.54, 1.807) is 0 Å². The van der Waals surface area contributed by atoms with Crippen molar-refractivity contribution in [1.82, 2.24) is 10.2 Å². The van der Waals surface area contributed by atoms with E-state index in [-0.39, 0.29) is 0 Å². The quantitative estimate of drug-likeness (QED) is 0.786. The SMILES string of the molecule is CCN(CC)CCOc1cccc(Cl)c1CNC. The van der Waals surface area contributed by atoms with Gasteiger partial charge in [0, 0.05) is 23.7 Å². The second kappa shape index (κ2) is 8.35. The third-order valence-corrected chi connectivity index (χ3v) is 3.34. The molecule has 0 spiro atoms. The first-order valence-corrected chi connectivity index (χ1v) is 6.87. The number of nitrogens with one attached hydrogen (secondary N) is 1. The van der Waals surface area contributed by atoms with Gasteiger partial charge in [0.25, 0.3) is 0 Å². The van der Waals surface area contributed by atoms with E-state index in [0.717, 1.165) is 42.5 Å². The molecule has 1 aromatic carbocycles. The molecule has 0 unspecified atom stereocenters. The van der Waals surface area contributed by atoms with Crippen LogP contribution in [-0.4, -0.2) is 38.2 Å². The Labute approximate surface area is 115 Å². The number of nitrogens with zero attached hydrogens (tertiary/aromatic N) is 1. The average Bonchev–Trinajstić information content (AvgIpc) is 2.38. The van der Waals surface area contributed by atoms with Crippen LogP contribution in [-0.2, 0) is 6.54 Å². The summed E-state index contributed by atoms with van der Waals surface area (Å²) >= 11 is 6.17. The van der Waals surface area contributed by atoms with Gasteiger partial charge in [-0.3, -0.25) is 0 Å². The fraction of sp³-hybridized carbons (Fsp3) is 0.571. The highest BCUT2D eigenvalue weighted by atomic mass is 35.5. The molecule has 1 aromatic rings. The zero-order valence-corrected chi connectivity index (χ0v) is 12.3. The molecule has 0 saturated carbocycles. The van der Waals surface area contributed by atoms with Gasteiger partial charge in [-0.2, -0.15) is 0 Å². The van der Waals surface area contributed by atoms with Crippen LogP contribution < -0.4 is 10.1 Å². The molecule has 0 heterocycles. The van der Waals surface area contributed by atoms with Gasteiger partial charge in [0.2, 0.25) is 0 Å². The topological polar surface area (TPSA) is 24.5 Å². The standard InChI is InChI=1S/C14H23ClN2O/c1-4-17(5-2)9-10-18-14-8-6-7-13(15)12(14)11-16-3/h6-8,16H,4-5,9-11H2,1-3H3. The fourth-order valence-corrected chi connectivity index (χ4v) is 2.08. The molecule has 102 valence electrons. The summed E-state index contributed by atoms with van der Waals surface area (Å²) in [6, 6.07) is 5.79. The number of hydrogen-bond donors (Lipinski definition) is 1. The van der Waals surface area contributed by atoms with Crippen LogP contribution in [0.2, 0.25) is 5.02 Å². The van der Waals surface area contributed by atoms with E-state index in [2.05, 4.69) is 24.1 Å². The van der Waals surface area contributed by atoms with Gasteiger partial charge < -0.3 is 15.0 Å². The highest BCUT2D eigenvalue weighted by molar-refractivity contribution is 6.31. The molecule has 0 aromatic heterocycles. The van der Waals surface area contributed by atoms with Crippen LogP contribution in [0.5, 0.6) is 5.75 Å². The lowest BCUT2D eigenvalue weighted by molar-refractivity contribution is 0.221. The van der Waals surface area contributed by atoms with Crippen molar-refractivity contribution >= 4 is 11.6 Å². The van der Waals surface area contributed by atoms with Gasteiger partial charge >= 0.3 is 0 Å². The zero-order valence-electron chi connectivity index (χ0n) is 11.5. The van der Waals surface area contributed by atoms with Gasteiger partial charge in [0.1, 0.15) is 12.4 Å². The molecule has 0 aliphatic rings. The second-order valence-corrected chi connectivity index (χ2v) is 4.53. The Hall–Kier alpha value is -0.770. The summed E-state index contributed by atoms with van der Waals surface area (Å²) in [6.45, 7) is 8.79. The Morgan fingerprint density at radius 2 is 2.00 bits per heavy atom. The van der Waals surface area contributed by atoms with Crippen LogP contribution in [0.3, 0.4) is 0 Å². The van der Waals surface area contributed by atoms with Gasteiger partial charge in [-0.1, -0.05) is 31.5 Å². The molecular formula is C14H23ClN2O. The molecule has 0 amide bonds. The molecule has 0 bridgehead atoms. The van der Waals surface area contributed by atoms with Crippen LogP contribution in [0.25, 0.3) is 0 Å². The Morgan fingerprint density at radius 3 is 2.61 bits per heavy atom. The highest BCUT2D eigenvalue weighted by Crippen LogP contribution is 2.26. The minimum Gasteiger partial charge on any atom is -0.492 e. The van der Waals surface area contributed by atoms with Crippen LogP contribution in [0.4, 0.5) is 0 Å². The summed E-state index contributed by atoms with van der Waals surface area (Å²) in [6.07, 6.45) is 0. The number of benzene rings is 1. The number of rotatable bonds is 8. The predicted molar refractivity (Wildman–Crippen MR) is 77.5 cm³/mol. The van der Waals surface area contributed by atoms with Crippen molar-refractivity contribution in [3.05, 3.63) is 28.8 Å². The summed E-state index contributed by atoms with van der Waals surface area (Å²) in [4.78, 5) is 2.34. The monoisotopic (exact) mass is 270 g/mol. The van der Waals surface area contributed by atoms with Crippen molar-refractivity contribution in [2.75, 3.05) is 33.3 Å². The first-order valence-electron chi connectivity index (χ1n) is 6.50. The normalized spacial score (nSPS) is 10.9. The molecule has 0 radical (unpaired) electrons. The van der Waals surface area contributed by atoms with Gasteiger partial charge in [-0.15, -0.1) is 0 Å². The zero-order chi connectivity index (χ0) is 13.4. The van der Waals surface area contributed by atoms with Crippen molar-refractivity contribution < 1.29 is 4.74 Å². The number of likely N-dealkylation sites (N-methyl/N-ethyl adjacent to an activating group) is 1. The lowest BCUT2D eigenvalue weighted by Gasteiger charge is -2.19. The first-order chi connectivity index (χ1) is 8.72. The Balaban J connectivity index is 2.58. The van der Waals surface area contributed by atoms with Crippen LogP contribution in [0.1, 0.15) is 19.4 Å². The third-order valence-electron chi connectivity index (χ3n) is 2.99. The number of halogens is 1. The van der Waals surface area contributed by atoms with E-state index in [1.807, 2.05) is 25.2 Å². The summed E-state index contributed by atoms with van der Waals surface area (Å²) < 4.78 is 5.84. The minimum atomic E-state index is 0.693. The van der Waals surface area contributed by atoms with Crippen molar-refractivity contribution in [3.63, 3.8) is 0 Å². The van der Waals surface area contributed by atoms with E-state index in [9.17, 15) is 0 Å². The van der Waals surface area contributed by atoms with E-state index in [4.69, 9.17) is 16.3 Å². The van der Waals surface area contributed by atoms with Gasteiger partial charge in [0.15, 0.2) is 0 Å². The second-order valence-electron chi connectivity index (χ2n) is 4.12. The maximum absolute atomic E-state index is 6.17. The van der Waals surface area contributed by atoms with Crippen molar-refractivity contribution in [1.29, 1.82) is 0 Å². The molecule has 4 heteroatoms. The Kier molecular flexibility index (Phi) is 7.09. The van der Waals surface area contributed by atoms with Crippen molar-refractivity contribution in [2.45, 2.75) is 20.4 Å². The van der Waals surface area contributed by atoms with Crippen LogP contribution >= 0.6 is 11.6 Å². The van der Waals surface area contributed by atoms with Crippen LogP contribution in [0, 0.1) is 0 Å². The summed E-state index contributed by atoms with van der Waals surface area (Å²) in [5.74, 6) is 0.879. The maximum Gasteiger partial charge on any atom is 0.125 e. The average molecular weight is 271 g/mol. The van der Waals surface area contributed by atoms with Crippen molar-refractivity contribution in [3.8, 4) is 5.75 Å². The smallest absolute Gasteiger partial charge is 0.125 e. The maximum atomic E-state index is 6.17. The van der Waals surface area contributed by atoms with Gasteiger partial charge in [-0.25, -0.2) is 0 Å². The van der Waals surface area contributed by atoms with Gasteiger partial charge in [-0.05, 0) is 32.3 Å². The van der Waals surface area contributed by atoms with E-state index >= 15 is 0 Å². The lowest BCUT2D eigenvalue weighted by Crippen LogP contribution is -2.28. The molecule has 18 heavy (non-hydrogen) atoms. The number of ether oxygens (including phenoxy) is 1. The number of hydrogen-bond acceptors (Lipinski definition) is 3. The van der Waals surface area contributed by atoms with Crippen molar-refractivity contribution in [2.24, 2.45) is 0 Å². The molecule has 1 N–H and O–H groups in total. The molecular weight excluding hydrogens is 248 g/mol.